The Morgan fingerprint density at radius 3 is 2.33 bits per heavy atom. The van der Waals surface area contributed by atoms with Crippen molar-refractivity contribution in [2.45, 2.75) is 33.1 Å². The summed E-state index contributed by atoms with van der Waals surface area (Å²) in [7, 11) is 0. The number of hydrogen-bond acceptors (Lipinski definition) is 5. The van der Waals surface area contributed by atoms with E-state index in [4.69, 9.17) is 0 Å². The number of aromatic nitrogens is 3. The highest BCUT2D eigenvalue weighted by atomic mass is 19.1. The minimum atomic E-state index is -0.221. The molecule has 27 heavy (non-hydrogen) atoms. The number of para-hydroxylation sites is 1. The molecule has 1 aromatic heterocycles. The summed E-state index contributed by atoms with van der Waals surface area (Å²) in [5.41, 5.74) is 4.58. The van der Waals surface area contributed by atoms with Crippen LogP contribution < -0.4 is 10.6 Å². The molecule has 0 aliphatic carbocycles. The standard InChI is InChI=1S/C21H24FN5/c1-3-16-6-5-7-17(4-2)20(16)26-21-25-19(14-24-27-21)23-13-12-15-8-10-18(22)11-9-15/h5-11,14H,3-4,12-13H2,1-2H3,(H2,23,25,26,27). The molecule has 0 amide bonds. The van der Waals surface area contributed by atoms with Crippen LogP contribution in [0.15, 0.2) is 48.7 Å². The molecular formula is C21H24FN5. The van der Waals surface area contributed by atoms with Crippen LogP contribution in [0.1, 0.15) is 30.5 Å². The van der Waals surface area contributed by atoms with Crippen molar-refractivity contribution >= 4 is 17.5 Å². The van der Waals surface area contributed by atoms with Crippen molar-refractivity contribution in [1.82, 2.24) is 15.2 Å². The van der Waals surface area contributed by atoms with E-state index in [0.717, 1.165) is 30.5 Å². The van der Waals surface area contributed by atoms with Crippen molar-refractivity contribution in [2.24, 2.45) is 0 Å². The molecule has 0 saturated carbocycles. The van der Waals surface area contributed by atoms with E-state index in [0.29, 0.717) is 18.3 Å². The van der Waals surface area contributed by atoms with Gasteiger partial charge in [-0.2, -0.15) is 10.1 Å². The molecule has 1 heterocycles. The van der Waals surface area contributed by atoms with Gasteiger partial charge in [0.05, 0.1) is 6.20 Å². The quantitative estimate of drug-likeness (QED) is 0.614. The number of anilines is 3. The molecule has 0 spiro atoms. The maximum absolute atomic E-state index is 13.0. The van der Waals surface area contributed by atoms with Gasteiger partial charge in [0.15, 0.2) is 5.82 Å². The fourth-order valence-electron chi connectivity index (χ4n) is 2.94. The molecule has 0 aliphatic heterocycles. The van der Waals surface area contributed by atoms with Gasteiger partial charge in [-0.1, -0.05) is 44.2 Å². The minimum Gasteiger partial charge on any atom is -0.368 e. The average molecular weight is 365 g/mol. The lowest BCUT2D eigenvalue weighted by Gasteiger charge is -2.14. The molecule has 0 aliphatic rings. The molecule has 0 bridgehead atoms. The van der Waals surface area contributed by atoms with Gasteiger partial charge in [-0.15, -0.1) is 5.10 Å². The van der Waals surface area contributed by atoms with Gasteiger partial charge in [0.25, 0.3) is 0 Å². The van der Waals surface area contributed by atoms with E-state index in [9.17, 15) is 4.39 Å². The molecule has 0 unspecified atom stereocenters. The Hall–Kier alpha value is -3.02. The third-order valence-corrected chi connectivity index (χ3v) is 4.43. The van der Waals surface area contributed by atoms with E-state index in [1.165, 1.54) is 23.3 Å². The maximum atomic E-state index is 13.0. The predicted octanol–water partition coefficient (Wildman–Crippen LogP) is 4.53. The van der Waals surface area contributed by atoms with Crippen molar-refractivity contribution < 1.29 is 4.39 Å². The van der Waals surface area contributed by atoms with Crippen molar-refractivity contribution in [2.75, 3.05) is 17.2 Å². The fourth-order valence-corrected chi connectivity index (χ4v) is 2.94. The monoisotopic (exact) mass is 365 g/mol. The molecule has 0 fully saturated rings. The molecular weight excluding hydrogens is 341 g/mol. The first-order chi connectivity index (χ1) is 13.2. The van der Waals surface area contributed by atoms with Crippen molar-refractivity contribution in [3.63, 3.8) is 0 Å². The smallest absolute Gasteiger partial charge is 0.249 e. The van der Waals surface area contributed by atoms with Gasteiger partial charge in [0.1, 0.15) is 5.82 Å². The number of hydrogen-bond donors (Lipinski definition) is 2. The number of benzene rings is 2. The van der Waals surface area contributed by atoms with Gasteiger partial charge in [-0.3, -0.25) is 0 Å². The maximum Gasteiger partial charge on any atom is 0.249 e. The summed E-state index contributed by atoms with van der Waals surface area (Å²) in [5.74, 6) is 0.903. The van der Waals surface area contributed by atoms with E-state index >= 15 is 0 Å². The van der Waals surface area contributed by atoms with Gasteiger partial charge in [0, 0.05) is 12.2 Å². The zero-order valence-corrected chi connectivity index (χ0v) is 15.7. The average Bonchev–Trinajstić information content (AvgIpc) is 2.70. The lowest BCUT2D eigenvalue weighted by molar-refractivity contribution is 0.627. The molecule has 2 aromatic carbocycles. The van der Waals surface area contributed by atoms with Crippen molar-refractivity contribution in [1.29, 1.82) is 0 Å². The van der Waals surface area contributed by atoms with Crippen LogP contribution in [-0.4, -0.2) is 21.7 Å². The summed E-state index contributed by atoms with van der Waals surface area (Å²) >= 11 is 0. The van der Waals surface area contributed by atoms with E-state index in [1.807, 2.05) is 0 Å². The summed E-state index contributed by atoms with van der Waals surface area (Å²) in [4.78, 5) is 4.51. The van der Waals surface area contributed by atoms with Crippen LogP contribution in [-0.2, 0) is 19.3 Å². The molecule has 0 radical (unpaired) electrons. The van der Waals surface area contributed by atoms with Gasteiger partial charge in [-0.05, 0) is 48.1 Å². The zero-order valence-electron chi connectivity index (χ0n) is 15.7. The Balaban J connectivity index is 1.66. The molecule has 2 N–H and O–H groups in total. The van der Waals surface area contributed by atoms with E-state index in [-0.39, 0.29) is 5.82 Å². The van der Waals surface area contributed by atoms with Crippen LogP contribution >= 0.6 is 0 Å². The summed E-state index contributed by atoms with van der Waals surface area (Å²) in [6.45, 7) is 4.94. The van der Waals surface area contributed by atoms with E-state index in [2.05, 4.69) is 57.9 Å². The Labute approximate surface area is 159 Å². The van der Waals surface area contributed by atoms with Gasteiger partial charge < -0.3 is 10.6 Å². The number of halogens is 1. The SMILES string of the molecule is CCc1cccc(CC)c1Nc1nncc(NCCc2ccc(F)cc2)n1. The molecule has 140 valence electrons. The third-order valence-electron chi connectivity index (χ3n) is 4.43. The summed E-state index contributed by atoms with van der Waals surface area (Å²) < 4.78 is 13.0. The highest BCUT2D eigenvalue weighted by molar-refractivity contribution is 5.64. The first-order valence-electron chi connectivity index (χ1n) is 9.25. The first-order valence-corrected chi connectivity index (χ1v) is 9.25. The van der Waals surface area contributed by atoms with E-state index < -0.39 is 0 Å². The lowest BCUT2D eigenvalue weighted by Crippen LogP contribution is -2.09. The van der Waals surface area contributed by atoms with Gasteiger partial charge >= 0.3 is 0 Å². The van der Waals surface area contributed by atoms with Crippen LogP contribution in [0, 0.1) is 5.82 Å². The molecule has 6 heteroatoms. The number of nitrogens with one attached hydrogen (secondary N) is 2. The highest BCUT2D eigenvalue weighted by Gasteiger charge is 2.09. The number of rotatable bonds is 8. The van der Waals surface area contributed by atoms with Crippen molar-refractivity contribution in [3.05, 3.63) is 71.2 Å². The fraction of sp³-hybridized carbons (Fsp3) is 0.286. The minimum absolute atomic E-state index is 0.221. The molecule has 5 nitrogen and oxygen atoms in total. The van der Waals surface area contributed by atoms with Gasteiger partial charge in [0.2, 0.25) is 5.95 Å². The molecule has 3 aromatic rings. The van der Waals surface area contributed by atoms with Crippen LogP contribution in [0.2, 0.25) is 0 Å². The second-order valence-electron chi connectivity index (χ2n) is 6.25. The molecule has 0 saturated heterocycles. The van der Waals surface area contributed by atoms with Crippen LogP contribution in [0.4, 0.5) is 21.8 Å². The Morgan fingerprint density at radius 1 is 0.963 bits per heavy atom. The zero-order chi connectivity index (χ0) is 19.1. The lowest BCUT2D eigenvalue weighted by atomic mass is 10.0. The summed E-state index contributed by atoms with van der Waals surface area (Å²) in [6, 6.07) is 12.8. The first kappa shape index (κ1) is 18.8. The topological polar surface area (TPSA) is 62.7 Å². The molecule has 3 rings (SSSR count). The molecule has 0 atom stereocenters. The van der Waals surface area contributed by atoms with Crippen molar-refractivity contribution in [3.8, 4) is 0 Å². The van der Waals surface area contributed by atoms with Crippen LogP contribution in [0.25, 0.3) is 0 Å². The van der Waals surface area contributed by atoms with E-state index in [1.54, 1.807) is 18.3 Å². The Kier molecular flexibility index (Phi) is 6.30. The van der Waals surface area contributed by atoms with Crippen LogP contribution in [0.3, 0.4) is 0 Å². The largest absolute Gasteiger partial charge is 0.368 e. The second kappa shape index (κ2) is 9.07. The predicted molar refractivity (Wildman–Crippen MR) is 107 cm³/mol. The normalized spacial score (nSPS) is 10.6. The highest BCUT2D eigenvalue weighted by Crippen LogP contribution is 2.25. The number of nitrogens with zero attached hydrogens (tertiary/aromatic N) is 3. The Bertz CT molecular complexity index is 858. The third kappa shape index (κ3) is 5.00. The van der Waals surface area contributed by atoms with Crippen LogP contribution in [0.5, 0.6) is 0 Å². The summed E-state index contributed by atoms with van der Waals surface area (Å²) in [5, 5.41) is 14.7. The van der Waals surface area contributed by atoms with Gasteiger partial charge in [-0.25, -0.2) is 4.39 Å². The summed E-state index contributed by atoms with van der Waals surface area (Å²) in [6.07, 6.45) is 4.23. The second-order valence-corrected chi connectivity index (χ2v) is 6.25. The Morgan fingerprint density at radius 2 is 1.67 bits per heavy atom. The number of aryl methyl sites for hydroxylation is 2.